The Labute approximate surface area is 257 Å². The Morgan fingerprint density at radius 1 is 0.953 bits per heavy atom. The summed E-state index contributed by atoms with van der Waals surface area (Å²) in [5, 5.41) is 1.67. The van der Waals surface area contributed by atoms with E-state index in [1.165, 1.54) is 24.3 Å². The minimum Gasteiger partial charge on any atom is -0.490 e. The number of carbonyl (C=O) groups excluding carboxylic acids is 1. The van der Waals surface area contributed by atoms with E-state index in [0.717, 1.165) is 75.9 Å². The molecule has 1 amide bonds. The second kappa shape index (κ2) is 11.6. The number of fused-ring (bicyclic) bond motifs is 3. The third-order valence-electron chi connectivity index (χ3n) is 9.46. The zero-order valence-corrected chi connectivity index (χ0v) is 26.0. The van der Waals surface area contributed by atoms with Crippen LogP contribution in [0.25, 0.3) is 10.8 Å². The lowest BCUT2D eigenvalue weighted by atomic mass is 9.90. The molecule has 0 aromatic heterocycles. The van der Waals surface area contributed by atoms with Gasteiger partial charge in [0, 0.05) is 29.7 Å². The third-order valence-corrected chi connectivity index (χ3v) is 11.5. The summed E-state index contributed by atoms with van der Waals surface area (Å²) in [6.45, 7) is 2.10. The van der Waals surface area contributed by atoms with E-state index in [4.69, 9.17) is 16.3 Å². The van der Waals surface area contributed by atoms with Crippen molar-refractivity contribution in [2.45, 2.75) is 93.3 Å². The van der Waals surface area contributed by atoms with Crippen molar-refractivity contribution < 1.29 is 26.7 Å². The summed E-state index contributed by atoms with van der Waals surface area (Å²) in [6, 6.07) is 12.3. The molecule has 0 radical (unpaired) electrons. The largest absolute Gasteiger partial charge is 0.490 e. The fourth-order valence-corrected chi connectivity index (χ4v) is 8.73. The molecule has 3 aromatic rings. The molecule has 1 aliphatic carbocycles. The SMILES string of the molecule is CC1CC2CCC(C1)N2C(=O)C(N(C)S(=O)(=O)c1ccc2cc(OC3CCCC3)ccc2c1)C(F)(F)c1ccc(Cl)cc1. The lowest BCUT2D eigenvalue weighted by molar-refractivity contribution is -0.155. The van der Waals surface area contributed by atoms with Gasteiger partial charge in [-0.05, 0) is 104 Å². The van der Waals surface area contributed by atoms with Crippen LogP contribution in [0.4, 0.5) is 8.78 Å². The summed E-state index contributed by atoms with van der Waals surface area (Å²) in [4.78, 5) is 15.6. The van der Waals surface area contributed by atoms with E-state index in [-0.39, 0.29) is 28.1 Å². The number of halogens is 3. The minimum atomic E-state index is -4.52. The summed E-state index contributed by atoms with van der Waals surface area (Å²) >= 11 is 5.97. The molecule has 2 bridgehead atoms. The van der Waals surface area contributed by atoms with Gasteiger partial charge in [-0.1, -0.05) is 42.8 Å². The molecule has 0 spiro atoms. The highest BCUT2D eigenvalue weighted by molar-refractivity contribution is 7.89. The van der Waals surface area contributed by atoms with Gasteiger partial charge >= 0.3 is 0 Å². The number of ether oxygens (including phenoxy) is 1. The monoisotopic (exact) mass is 630 g/mol. The molecular formula is C33H37ClF2N2O4S. The second-order valence-corrected chi connectivity index (χ2v) is 14.9. The normalized spacial score (nSPS) is 23.7. The number of piperidine rings is 1. The summed E-state index contributed by atoms with van der Waals surface area (Å²) < 4.78 is 67.7. The van der Waals surface area contributed by atoms with E-state index in [1.54, 1.807) is 23.1 Å². The van der Waals surface area contributed by atoms with Crippen LogP contribution in [0.15, 0.2) is 65.6 Å². The van der Waals surface area contributed by atoms with Crippen LogP contribution in [0.2, 0.25) is 5.02 Å². The van der Waals surface area contributed by atoms with E-state index in [9.17, 15) is 13.2 Å². The van der Waals surface area contributed by atoms with Gasteiger partial charge in [-0.2, -0.15) is 13.1 Å². The summed E-state index contributed by atoms with van der Waals surface area (Å²) in [6.07, 6.45) is 7.39. The number of hydrogen-bond acceptors (Lipinski definition) is 4. The molecule has 6 nitrogen and oxygen atoms in total. The second-order valence-electron chi connectivity index (χ2n) is 12.5. The average Bonchev–Trinajstić information content (AvgIpc) is 3.58. The van der Waals surface area contributed by atoms with E-state index in [1.807, 2.05) is 6.07 Å². The Morgan fingerprint density at radius 2 is 1.56 bits per heavy atom. The summed E-state index contributed by atoms with van der Waals surface area (Å²) in [5.74, 6) is -3.60. The smallest absolute Gasteiger partial charge is 0.298 e. The van der Waals surface area contributed by atoms with Gasteiger partial charge in [0.1, 0.15) is 5.75 Å². The lowest BCUT2D eigenvalue weighted by Gasteiger charge is -2.42. The van der Waals surface area contributed by atoms with Crippen LogP contribution in [0.5, 0.6) is 5.75 Å². The standard InChI is InChI=1S/C33H37ClF2N2O4S/c1-21-17-26-13-14-27(18-21)38(26)32(39)31(33(35,36)24-9-11-25(34)12-10-24)37(2)43(40,41)30-16-8-22-19-29(15-7-23(22)20-30)42-28-5-3-4-6-28/h7-12,15-16,19-21,26-28,31H,3-6,13-14,17-18H2,1-2H3. The van der Waals surface area contributed by atoms with Crippen LogP contribution in [-0.4, -0.2) is 54.8 Å². The maximum absolute atomic E-state index is 16.5. The molecule has 43 heavy (non-hydrogen) atoms. The Morgan fingerprint density at radius 3 is 2.21 bits per heavy atom. The molecule has 2 heterocycles. The fourth-order valence-electron chi connectivity index (χ4n) is 7.26. The number of likely N-dealkylation sites (N-methyl/N-ethyl adjacent to an activating group) is 1. The topological polar surface area (TPSA) is 66.9 Å². The number of benzene rings is 3. The van der Waals surface area contributed by atoms with Crippen LogP contribution in [0, 0.1) is 5.92 Å². The summed E-state index contributed by atoms with van der Waals surface area (Å²) in [7, 11) is -3.44. The first-order valence-corrected chi connectivity index (χ1v) is 16.9. The number of alkyl halides is 2. The maximum Gasteiger partial charge on any atom is 0.298 e. The molecule has 2 aliphatic heterocycles. The Bertz CT molecular complexity index is 1600. The first-order valence-electron chi connectivity index (χ1n) is 15.1. The molecule has 3 aromatic carbocycles. The highest BCUT2D eigenvalue weighted by atomic mass is 35.5. The van der Waals surface area contributed by atoms with Crippen molar-refractivity contribution in [1.82, 2.24) is 9.21 Å². The van der Waals surface area contributed by atoms with Gasteiger partial charge in [0.15, 0.2) is 6.04 Å². The minimum absolute atomic E-state index is 0.160. The highest BCUT2D eigenvalue weighted by Crippen LogP contribution is 2.43. The number of sulfonamides is 1. The van der Waals surface area contributed by atoms with Crippen molar-refractivity contribution in [2.75, 3.05) is 7.05 Å². The molecule has 3 fully saturated rings. The van der Waals surface area contributed by atoms with E-state index in [2.05, 4.69) is 6.92 Å². The van der Waals surface area contributed by atoms with Gasteiger partial charge in [-0.25, -0.2) is 8.42 Å². The van der Waals surface area contributed by atoms with E-state index >= 15 is 8.78 Å². The number of hydrogen-bond donors (Lipinski definition) is 0. The molecule has 3 atom stereocenters. The number of rotatable bonds is 8. The number of carbonyl (C=O) groups is 1. The molecule has 2 saturated heterocycles. The molecule has 6 rings (SSSR count). The van der Waals surface area contributed by atoms with Crippen molar-refractivity contribution >= 4 is 38.3 Å². The van der Waals surface area contributed by atoms with Crippen molar-refractivity contribution in [2.24, 2.45) is 5.92 Å². The predicted molar refractivity (Wildman–Crippen MR) is 163 cm³/mol. The van der Waals surface area contributed by atoms with Gasteiger partial charge in [-0.3, -0.25) is 4.79 Å². The third kappa shape index (κ3) is 5.76. The van der Waals surface area contributed by atoms with Crippen LogP contribution in [-0.2, 0) is 20.7 Å². The summed E-state index contributed by atoms with van der Waals surface area (Å²) in [5.41, 5.74) is -0.469. The Balaban J connectivity index is 1.35. The van der Waals surface area contributed by atoms with Gasteiger partial charge in [0.2, 0.25) is 15.9 Å². The first-order chi connectivity index (χ1) is 20.4. The van der Waals surface area contributed by atoms with Crippen molar-refractivity contribution in [3.05, 3.63) is 71.2 Å². The van der Waals surface area contributed by atoms with Gasteiger partial charge in [-0.15, -0.1) is 0 Å². The molecule has 1 saturated carbocycles. The number of amides is 1. The van der Waals surface area contributed by atoms with Crippen LogP contribution in [0.3, 0.4) is 0 Å². The molecular weight excluding hydrogens is 594 g/mol. The Hall–Kier alpha value is -2.75. The molecule has 3 unspecified atom stereocenters. The average molecular weight is 631 g/mol. The van der Waals surface area contributed by atoms with E-state index < -0.39 is 33.5 Å². The zero-order chi connectivity index (χ0) is 30.5. The highest BCUT2D eigenvalue weighted by Gasteiger charge is 2.56. The lowest BCUT2D eigenvalue weighted by Crippen LogP contribution is -2.60. The Kier molecular flexibility index (Phi) is 8.20. The van der Waals surface area contributed by atoms with Gasteiger partial charge in [0.05, 0.1) is 11.0 Å². The molecule has 10 heteroatoms. The zero-order valence-electron chi connectivity index (χ0n) is 24.4. The van der Waals surface area contributed by atoms with Gasteiger partial charge < -0.3 is 9.64 Å². The van der Waals surface area contributed by atoms with Crippen LogP contribution < -0.4 is 4.74 Å². The van der Waals surface area contributed by atoms with Crippen molar-refractivity contribution in [3.8, 4) is 5.75 Å². The van der Waals surface area contributed by atoms with Crippen LogP contribution >= 0.6 is 11.6 Å². The predicted octanol–water partition coefficient (Wildman–Crippen LogP) is 7.39. The van der Waals surface area contributed by atoms with Crippen molar-refractivity contribution in [1.29, 1.82) is 0 Å². The first kappa shape index (κ1) is 30.3. The number of nitrogens with zero attached hydrogens (tertiary/aromatic N) is 2. The molecule has 3 aliphatic rings. The quantitative estimate of drug-likeness (QED) is 0.260. The molecule has 230 valence electrons. The van der Waals surface area contributed by atoms with Crippen molar-refractivity contribution in [3.63, 3.8) is 0 Å². The van der Waals surface area contributed by atoms with Gasteiger partial charge in [0.25, 0.3) is 5.92 Å². The van der Waals surface area contributed by atoms with Crippen LogP contribution in [0.1, 0.15) is 63.9 Å². The molecule has 0 N–H and O–H groups in total. The van der Waals surface area contributed by atoms with E-state index in [0.29, 0.717) is 21.4 Å². The fraction of sp³-hybridized carbons (Fsp3) is 0.485. The maximum atomic E-state index is 16.5.